The fourth-order valence-electron chi connectivity index (χ4n) is 1.04. The van der Waals surface area contributed by atoms with Gasteiger partial charge in [-0.15, -0.1) is 0 Å². The standard InChI is InChI=1S/C10H12N2O3S/c1-7-3-4-10(13)9(5-7)12-16(14,15)8(2)6-11/h3-5,8,12-13H,1-2H3. The zero-order valence-corrected chi connectivity index (χ0v) is 9.75. The molecule has 1 aromatic rings. The molecule has 16 heavy (non-hydrogen) atoms. The molecule has 0 bridgehead atoms. The molecule has 1 aromatic carbocycles. The molecule has 86 valence electrons. The topological polar surface area (TPSA) is 90.2 Å². The van der Waals surface area contributed by atoms with Gasteiger partial charge in [-0.1, -0.05) is 6.07 Å². The largest absolute Gasteiger partial charge is 0.506 e. The molecule has 2 N–H and O–H groups in total. The summed E-state index contributed by atoms with van der Waals surface area (Å²) in [5, 5.41) is 16.8. The third-order valence-corrected chi connectivity index (χ3v) is 3.59. The third-order valence-electron chi connectivity index (χ3n) is 2.05. The van der Waals surface area contributed by atoms with Gasteiger partial charge >= 0.3 is 0 Å². The molecule has 6 heteroatoms. The number of phenols is 1. The molecule has 1 unspecified atom stereocenters. The number of hydrogen-bond donors (Lipinski definition) is 2. The van der Waals surface area contributed by atoms with E-state index in [1.165, 1.54) is 19.1 Å². The van der Waals surface area contributed by atoms with Crippen molar-refractivity contribution in [1.29, 1.82) is 5.26 Å². The van der Waals surface area contributed by atoms with Crippen molar-refractivity contribution in [2.75, 3.05) is 4.72 Å². The second-order valence-corrected chi connectivity index (χ2v) is 5.44. The lowest BCUT2D eigenvalue weighted by Crippen LogP contribution is -2.23. The van der Waals surface area contributed by atoms with Gasteiger partial charge in [0.05, 0.1) is 11.8 Å². The number of nitrogens with zero attached hydrogens (tertiary/aromatic N) is 1. The van der Waals surface area contributed by atoms with Crippen LogP contribution in [0.4, 0.5) is 5.69 Å². The molecule has 0 aliphatic heterocycles. The molecule has 5 nitrogen and oxygen atoms in total. The van der Waals surface area contributed by atoms with Gasteiger partial charge < -0.3 is 5.11 Å². The van der Waals surface area contributed by atoms with Gasteiger partial charge in [-0.25, -0.2) is 8.42 Å². The number of rotatable bonds is 3. The summed E-state index contributed by atoms with van der Waals surface area (Å²) >= 11 is 0. The van der Waals surface area contributed by atoms with Crippen molar-refractivity contribution >= 4 is 15.7 Å². The maximum Gasteiger partial charge on any atom is 0.248 e. The van der Waals surface area contributed by atoms with Crippen LogP contribution in [0.2, 0.25) is 0 Å². The van der Waals surface area contributed by atoms with E-state index in [0.29, 0.717) is 0 Å². The number of nitriles is 1. The predicted octanol–water partition coefficient (Wildman–Crippen LogP) is 1.35. The Morgan fingerprint density at radius 1 is 1.50 bits per heavy atom. The molecule has 1 atom stereocenters. The van der Waals surface area contributed by atoms with Crippen molar-refractivity contribution in [2.24, 2.45) is 0 Å². The van der Waals surface area contributed by atoms with Crippen LogP contribution in [0.1, 0.15) is 12.5 Å². The normalized spacial score (nSPS) is 12.8. The Bertz CT molecular complexity index is 531. The summed E-state index contributed by atoms with van der Waals surface area (Å²) in [7, 11) is -3.77. The first-order valence-electron chi connectivity index (χ1n) is 4.57. The highest BCUT2D eigenvalue weighted by Gasteiger charge is 2.21. The van der Waals surface area contributed by atoms with Crippen molar-refractivity contribution < 1.29 is 13.5 Å². The van der Waals surface area contributed by atoms with E-state index in [4.69, 9.17) is 5.26 Å². The van der Waals surface area contributed by atoms with E-state index in [1.54, 1.807) is 19.1 Å². The Hall–Kier alpha value is -1.74. The van der Waals surface area contributed by atoms with Crippen molar-refractivity contribution in [3.8, 4) is 11.8 Å². The van der Waals surface area contributed by atoms with Crippen LogP contribution in [0, 0.1) is 18.3 Å². The molecule has 0 aliphatic carbocycles. The fourth-order valence-corrected chi connectivity index (χ4v) is 1.83. The van der Waals surface area contributed by atoms with Gasteiger partial charge in [0, 0.05) is 0 Å². The summed E-state index contributed by atoms with van der Waals surface area (Å²) in [6.07, 6.45) is 0. The average Bonchev–Trinajstić information content (AvgIpc) is 2.22. The predicted molar refractivity (Wildman–Crippen MR) is 60.5 cm³/mol. The van der Waals surface area contributed by atoms with Gasteiger partial charge in [-0.2, -0.15) is 5.26 Å². The number of anilines is 1. The van der Waals surface area contributed by atoms with Gasteiger partial charge in [0.2, 0.25) is 10.0 Å². The van der Waals surface area contributed by atoms with E-state index < -0.39 is 15.3 Å². The minimum atomic E-state index is -3.77. The number of aryl methyl sites for hydroxylation is 1. The molecule has 0 fully saturated rings. The smallest absolute Gasteiger partial charge is 0.248 e. The SMILES string of the molecule is Cc1ccc(O)c(NS(=O)(=O)C(C)C#N)c1. The summed E-state index contributed by atoms with van der Waals surface area (Å²) in [6.45, 7) is 3.04. The minimum absolute atomic E-state index is 0.0853. The summed E-state index contributed by atoms with van der Waals surface area (Å²) < 4.78 is 25.3. The van der Waals surface area contributed by atoms with Crippen LogP contribution in [0.5, 0.6) is 5.75 Å². The Balaban J connectivity index is 3.07. The highest BCUT2D eigenvalue weighted by molar-refractivity contribution is 7.93. The van der Waals surface area contributed by atoms with E-state index >= 15 is 0 Å². The van der Waals surface area contributed by atoms with Gasteiger partial charge in [0.15, 0.2) is 5.25 Å². The number of aromatic hydroxyl groups is 1. The Labute approximate surface area is 94.4 Å². The minimum Gasteiger partial charge on any atom is -0.506 e. The van der Waals surface area contributed by atoms with E-state index in [2.05, 4.69) is 4.72 Å². The lowest BCUT2D eigenvalue weighted by Gasteiger charge is -2.11. The molecule has 1 rings (SSSR count). The van der Waals surface area contributed by atoms with Crippen molar-refractivity contribution in [3.05, 3.63) is 23.8 Å². The first-order valence-corrected chi connectivity index (χ1v) is 6.12. The van der Waals surface area contributed by atoms with Crippen LogP contribution >= 0.6 is 0 Å². The van der Waals surface area contributed by atoms with E-state index in [1.807, 2.05) is 0 Å². The Morgan fingerprint density at radius 3 is 2.69 bits per heavy atom. The van der Waals surface area contributed by atoms with Crippen LogP contribution < -0.4 is 4.72 Å². The summed E-state index contributed by atoms with van der Waals surface area (Å²) in [6, 6.07) is 6.17. The number of phenolic OH excluding ortho intramolecular Hbond substituents is 1. The maximum atomic E-state index is 11.5. The maximum absolute atomic E-state index is 11.5. The molecule has 0 amide bonds. The molecule has 0 saturated carbocycles. The number of sulfonamides is 1. The fraction of sp³-hybridized carbons (Fsp3) is 0.300. The van der Waals surface area contributed by atoms with Crippen molar-refractivity contribution in [3.63, 3.8) is 0 Å². The first-order chi connectivity index (χ1) is 7.36. The van der Waals surface area contributed by atoms with E-state index in [9.17, 15) is 13.5 Å². The molecule has 0 spiro atoms. The molecule has 0 aliphatic rings. The summed E-state index contributed by atoms with van der Waals surface area (Å²) in [5.74, 6) is -0.167. The summed E-state index contributed by atoms with van der Waals surface area (Å²) in [4.78, 5) is 0. The van der Waals surface area contributed by atoms with E-state index in [-0.39, 0.29) is 11.4 Å². The molecular weight excluding hydrogens is 228 g/mol. The summed E-state index contributed by atoms with van der Waals surface area (Å²) in [5.41, 5.74) is 0.891. The van der Waals surface area contributed by atoms with Crippen LogP contribution in [-0.2, 0) is 10.0 Å². The monoisotopic (exact) mass is 240 g/mol. The average molecular weight is 240 g/mol. The second kappa shape index (κ2) is 4.41. The van der Waals surface area contributed by atoms with Gasteiger partial charge in [-0.3, -0.25) is 4.72 Å². The van der Waals surface area contributed by atoms with Crippen LogP contribution in [0.15, 0.2) is 18.2 Å². The van der Waals surface area contributed by atoms with Gasteiger partial charge in [-0.05, 0) is 31.5 Å². The van der Waals surface area contributed by atoms with E-state index in [0.717, 1.165) is 5.56 Å². The second-order valence-electron chi connectivity index (χ2n) is 3.44. The lowest BCUT2D eigenvalue weighted by atomic mass is 10.2. The highest BCUT2D eigenvalue weighted by Crippen LogP contribution is 2.25. The zero-order chi connectivity index (χ0) is 12.3. The van der Waals surface area contributed by atoms with Crippen molar-refractivity contribution in [2.45, 2.75) is 19.1 Å². The molecule has 0 radical (unpaired) electrons. The molecule has 0 heterocycles. The van der Waals surface area contributed by atoms with Crippen LogP contribution in [0.25, 0.3) is 0 Å². The Kier molecular flexibility index (Phi) is 3.40. The van der Waals surface area contributed by atoms with Gasteiger partial charge in [0.1, 0.15) is 5.75 Å². The number of hydrogen-bond acceptors (Lipinski definition) is 4. The lowest BCUT2D eigenvalue weighted by molar-refractivity contribution is 0.477. The van der Waals surface area contributed by atoms with Crippen LogP contribution in [-0.4, -0.2) is 18.8 Å². The Morgan fingerprint density at radius 2 is 2.12 bits per heavy atom. The molecule has 0 aromatic heterocycles. The first kappa shape index (κ1) is 12.3. The van der Waals surface area contributed by atoms with Gasteiger partial charge in [0.25, 0.3) is 0 Å². The molecule has 0 saturated heterocycles. The number of benzene rings is 1. The zero-order valence-electron chi connectivity index (χ0n) is 8.93. The van der Waals surface area contributed by atoms with Crippen LogP contribution in [0.3, 0.4) is 0 Å². The molecular formula is C10H12N2O3S. The quantitative estimate of drug-likeness (QED) is 0.780. The third kappa shape index (κ3) is 2.64. The highest BCUT2D eigenvalue weighted by atomic mass is 32.2. The number of nitrogens with one attached hydrogen (secondary N) is 1. The van der Waals surface area contributed by atoms with Crippen molar-refractivity contribution in [1.82, 2.24) is 0 Å².